The Labute approximate surface area is 97.0 Å². The van der Waals surface area contributed by atoms with Crippen molar-refractivity contribution >= 4 is 42.3 Å². The van der Waals surface area contributed by atoms with Crippen LogP contribution in [0.5, 0.6) is 0 Å². The molecular formula is C6H3ClF2INO2S. The Kier molecular flexibility index (Phi) is 3.64. The number of nitrogens with zero attached hydrogens (tertiary/aromatic N) is 1. The maximum atomic E-state index is 12.3. The standard InChI is InChI=1S/C6H3ClF2INO2S/c7-14(12,13)5-1-3(6(8)9)4(10)2-11-5/h1-2,6H. The quantitative estimate of drug-likeness (QED) is 0.606. The summed E-state index contributed by atoms with van der Waals surface area (Å²) < 4.78 is 46.4. The largest absolute Gasteiger partial charge is 0.278 e. The summed E-state index contributed by atoms with van der Waals surface area (Å²) >= 11 is 1.64. The molecule has 78 valence electrons. The molecule has 0 aromatic carbocycles. The molecule has 1 aromatic heterocycles. The van der Waals surface area contributed by atoms with Gasteiger partial charge in [-0.15, -0.1) is 0 Å². The molecule has 0 aliphatic rings. The summed E-state index contributed by atoms with van der Waals surface area (Å²) in [6.45, 7) is 0. The van der Waals surface area contributed by atoms with Gasteiger partial charge < -0.3 is 0 Å². The summed E-state index contributed by atoms with van der Waals surface area (Å²) in [6, 6.07) is 0.773. The lowest BCUT2D eigenvalue weighted by molar-refractivity contribution is 0.150. The zero-order chi connectivity index (χ0) is 10.9. The Morgan fingerprint density at radius 2 is 2.07 bits per heavy atom. The van der Waals surface area contributed by atoms with Crippen LogP contribution in [0.15, 0.2) is 17.3 Å². The third kappa shape index (κ3) is 2.74. The van der Waals surface area contributed by atoms with Crippen LogP contribution in [0, 0.1) is 3.57 Å². The van der Waals surface area contributed by atoms with E-state index in [-0.39, 0.29) is 9.13 Å². The van der Waals surface area contributed by atoms with Crippen molar-refractivity contribution in [2.75, 3.05) is 0 Å². The van der Waals surface area contributed by atoms with Gasteiger partial charge in [-0.05, 0) is 28.7 Å². The van der Waals surface area contributed by atoms with Gasteiger partial charge in [-0.2, -0.15) is 0 Å². The van der Waals surface area contributed by atoms with Crippen molar-refractivity contribution in [3.63, 3.8) is 0 Å². The molecule has 0 fully saturated rings. The molecule has 0 amide bonds. The fraction of sp³-hybridized carbons (Fsp3) is 0.167. The monoisotopic (exact) mass is 353 g/mol. The fourth-order valence-electron chi connectivity index (χ4n) is 0.735. The number of hydrogen-bond acceptors (Lipinski definition) is 3. The van der Waals surface area contributed by atoms with Crippen LogP contribution in [0.3, 0.4) is 0 Å². The van der Waals surface area contributed by atoms with Crippen molar-refractivity contribution in [3.05, 3.63) is 21.4 Å². The molecule has 0 aliphatic carbocycles. The summed E-state index contributed by atoms with van der Waals surface area (Å²) in [7, 11) is 0.899. The lowest BCUT2D eigenvalue weighted by atomic mass is 10.3. The highest BCUT2D eigenvalue weighted by atomic mass is 127. The molecule has 0 unspecified atom stereocenters. The van der Waals surface area contributed by atoms with Gasteiger partial charge in [0.1, 0.15) is 0 Å². The van der Waals surface area contributed by atoms with Crippen LogP contribution in [0.4, 0.5) is 8.78 Å². The van der Waals surface area contributed by atoms with E-state index in [2.05, 4.69) is 4.98 Å². The van der Waals surface area contributed by atoms with Crippen LogP contribution >= 0.6 is 33.3 Å². The third-order valence-electron chi connectivity index (χ3n) is 1.34. The van der Waals surface area contributed by atoms with E-state index in [4.69, 9.17) is 10.7 Å². The molecule has 0 aliphatic heterocycles. The molecular weight excluding hydrogens is 350 g/mol. The van der Waals surface area contributed by atoms with Crippen molar-refractivity contribution in [1.29, 1.82) is 0 Å². The van der Waals surface area contributed by atoms with Gasteiger partial charge in [0, 0.05) is 26.0 Å². The maximum absolute atomic E-state index is 12.3. The van der Waals surface area contributed by atoms with Gasteiger partial charge in [0.2, 0.25) is 0 Å². The molecule has 0 saturated heterocycles. The average Bonchev–Trinajstić information content (AvgIpc) is 2.02. The minimum Gasteiger partial charge on any atom is -0.242 e. The number of pyridine rings is 1. The van der Waals surface area contributed by atoms with Crippen molar-refractivity contribution in [2.24, 2.45) is 0 Å². The van der Waals surface area contributed by atoms with Crippen LogP contribution in [0.2, 0.25) is 0 Å². The minimum absolute atomic E-state index is 0.196. The van der Waals surface area contributed by atoms with Gasteiger partial charge in [0.05, 0.1) is 0 Å². The number of aromatic nitrogens is 1. The van der Waals surface area contributed by atoms with E-state index in [1.165, 1.54) is 0 Å². The highest BCUT2D eigenvalue weighted by Crippen LogP contribution is 2.26. The molecule has 1 rings (SSSR count). The van der Waals surface area contributed by atoms with Gasteiger partial charge in [-0.3, -0.25) is 0 Å². The Morgan fingerprint density at radius 3 is 2.50 bits per heavy atom. The van der Waals surface area contributed by atoms with Gasteiger partial charge in [-0.25, -0.2) is 22.2 Å². The first-order valence-corrected chi connectivity index (χ1v) is 6.59. The summed E-state index contributed by atoms with van der Waals surface area (Å²) in [5.41, 5.74) is -0.389. The first-order valence-electron chi connectivity index (χ1n) is 3.20. The van der Waals surface area contributed by atoms with Crippen LogP contribution in [0.25, 0.3) is 0 Å². The Hall–Kier alpha value is -0.0200. The van der Waals surface area contributed by atoms with Crippen molar-refractivity contribution in [3.8, 4) is 0 Å². The van der Waals surface area contributed by atoms with E-state index < -0.39 is 20.5 Å². The highest BCUT2D eigenvalue weighted by Gasteiger charge is 2.18. The molecule has 0 spiro atoms. The maximum Gasteiger partial charge on any atom is 0.278 e. The number of alkyl halides is 2. The van der Waals surface area contributed by atoms with Crippen LogP contribution in [-0.2, 0) is 9.05 Å². The van der Waals surface area contributed by atoms with Gasteiger partial charge in [-0.1, -0.05) is 0 Å². The second-order valence-electron chi connectivity index (χ2n) is 2.28. The van der Waals surface area contributed by atoms with E-state index in [1.54, 1.807) is 22.6 Å². The Morgan fingerprint density at radius 1 is 1.50 bits per heavy atom. The summed E-state index contributed by atoms with van der Waals surface area (Å²) in [4.78, 5) is 3.43. The number of rotatable bonds is 2. The van der Waals surface area contributed by atoms with Crippen LogP contribution in [-0.4, -0.2) is 13.4 Å². The topological polar surface area (TPSA) is 47.0 Å². The van der Waals surface area contributed by atoms with Crippen LogP contribution in [0.1, 0.15) is 12.0 Å². The van der Waals surface area contributed by atoms with E-state index in [1.807, 2.05) is 0 Å². The number of halogens is 4. The first-order chi connectivity index (χ1) is 6.32. The zero-order valence-corrected chi connectivity index (χ0v) is 10.1. The summed E-state index contributed by atoms with van der Waals surface area (Å²) in [6.07, 6.45) is -1.71. The molecule has 1 heterocycles. The van der Waals surface area contributed by atoms with E-state index in [9.17, 15) is 17.2 Å². The van der Waals surface area contributed by atoms with E-state index >= 15 is 0 Å². The smallest absolute Gasteiger partial charge is 0.242 e. The Balaban J connectivity index is 3.34. The van der Waals surface area contributed by atoms with Gasteiger partial charge in [0.15, 0.2) is 5.03 Å². The molecule has 1 aromatic rings. The first kappa shape index (κ1) is 12.1. The van der Waals surface area contributed by atoms with Gasteiger partial charge >= 0.3 is 0 Å². The van der Waals surface area contributed by atoms with Crippen molar-refractivity contribution in [2.45, 2.75) is 11.5 Å². The highest BCUT2D eigenvalue weighted by molar-refractivity contribution is 14.1. The SMILES string of the molecule is O=S(=O)(Cl)c1cc(C(F)F)c(I)cn1. The third-order valence-corrected chi connectivity index (χ3v) is 3.44. The molecule has 0 N–H and O–H groups in total. The fourth-order valence-corrected chi connectivity index (χ4v) is 1.96. The molecule has 0 saturated carbocycles. The minimum atomic E-state index is -4.05. The van der Waals surface area contributed by atoms with Crippen LogP contribution < -0.4 is 0 Å². The lowest BCUT2D eigenvalue weighted by Crippen LogP contribution is -1.99. The number of hydrogen-bond donors (Lipinski definition) is 0. The zero-order valence-electron chi connectivity index (χ0n) is 6.42. The Bertz CT molecular complexity index is 451. The molecule has 0 radical (unpaired) electrons. The molecule has 0 bridgehead atoms. The van der Waals surface area contributed by atoms with Gasteiger partial charge in [0.25, 0.3) is 15.5 Å². The predicted octanol–water partition coefficient (Wildman–Crippen LogP) is 2.55. The summed E-state index contributed by atoms with van der Waals surface area (Å²) in [5.74, 6) is 0. The molecule has 0 atom stereocenters. The van der Waals surface area contributed by atoms with Crippen molar-refractivity contribution in [1.82, 2.24) is 4.98 Å². The molecule has 14 heavy (non-hydrogen) atoms. The normalized spacial score (nSPS) is 12.1. The summed E-state index contributed by atoms with van der Waals surface area (Å²) in [5, 5.41) is -0.560. The molecule has 3 nitrogen and oxygen atoms in total. The van der Waals surface area contributed by atoms with E-state index in [0.717, 1.165) is 12.3 Å². The predicted molar refractivity (Wildman–Crippen MR) is 54.9 cm³/mol. The molecule has 8 heteroatoms. The van der Waals surface area contributed by atoms with Crippen molar-refractivity contribution < 1.29 is 17.2 Å². The lowest BCUT2D eigenvalue weighted by Gasteiger charge is -2.03. The second kappa shape index (κ2) is 4.23. The second-order valence-corrected chi connectivity index (χ2v) is 5.96. The van der Waals surface area contributed by atoms with E-state index in [0.29, 0.717) is 0 Å². The average molecular weight is 354 g/mol.